The highest BCUT2D eigenvalue weighted by Gasteiger charge is 2.12. The summed E-state index contributed by atoms with van der Waals surface area (Å²) in [5.74, 6) is -1.54. The number of para-hydroxylation sites is 1. The maximum atomic E-state index is 12.6. The molecular weight excluding hydrogens is 368 g/mol. The molecule has 3 N–H and O–H groups in total. The minimum absolute atomic E-state index is 0.180. The van der Waals surface area contributed by atoms with Crippen molar-refractivity contribution in [1.29, 1.82) is 0 Å². The van der Waals surface area contributed by atoms with Crippen molar-refractivity contribution in [2.45, 2.75) is 12.8 Å². The fraction of sp³-hybridized carbons (Fsp3) is 0.0870. The fourth-order valence-electron chi connectivity index (χ4n) is 2.88. The molecular formula is C23H20N2O4. The number of benzene rings is 3. The van der Waals surface area contributed by atoms with Crippen LogP contribution in [0.1, 0.15) is 21.5 Å². The minimum Gasteiger partial charge on any atom is -0.481 e. The maximum absolute atomic E-state index is 12.6. The van der Waals surface area contributed by atoms with Crippen LogP contribution < -0.4 is 10.6 Å². The van der Waals surface area contributed by atoms with Crippen molar-refractivity contribution in [3.05, 3.63) is 95.6 Å². The first-order chi connectivity index (χ1) is 14.0. The van der Waals surface area contributed by atoms with E-state index in [1.807, 2.05) is 30.3 Å². The standard InChI is InChI=1S/C23H20N2O4/c26-21(13-16-7-2-1-3-8-16)24-19-11-6-10-18(14-19)23(29)25-20-12-5-4-9-17(20)15-22(27)28/h1-12,14H,13,15H2,(H,24,26)(H,25,29)(H,27,28). The number of carboxylic acid groups (broad SMARTS) is 1. The third-order valence-electron chi connectivity index (χ3n) is 4.22. The summed E-state index contributed by atoms with van der Waals surface area (Å²) in [5.41, 5.74) is 2.72. The van der Waals surface area contributed by atoms with Gasteiger partial charge >= 0.3 is 5.97 Å². The van der Waals surface area contributed by atoms with Gasteiger partial charge in [-0.05, 0) is 35.4 Å². The lowest BCUT2D eigenvalue weighted by molar-refractivity contribution is -0.136. The van der Waals surface area contributed by atoms with Gasteiger partial charge in [-0.3, -0.25) is 14.4 Å². The summed E-state index contributed by atoms with van der Waals surface area (Å²) < 4.78 is 0. The van der Waals surface area contributed by atoms with Gasteiger partial charge in [-0.15, -0.1) is 0 Å². The predicted molar refractivity (Wildman–Crippen MR) is 111 cm³/mol. The van der Waals surface area contributed by atoms with Crippen molar-refractivity contribution in [1.82, 2.24) is 0 Å². The zero-order chi connectivity index (χ0) is 20.6. The third-order valence-corrected chi connectivity index (χ3v) is 4.22. The lowest BCUT2D eigenvalue weighted by atomic mass is 10.1. The van der Waals surface area contributed by atoms with Gasteiger partial charge in [-0.2, -0.15) is 0 Å². The van der Waals surface area contributed by atoms with Crippen molar-refractivity contribution in [2.24, 2.45) is 0 Å². The number of rotatable bonds is 7. The van der Waals surface area contributed by atoms with Crippen LogP contribution in [0.2, 0.25) is 0 Å². The Labute approximate surface area is 168 Å². The van der Waals surface area contributed by atoms with Gasteiger partial charge in [0.2, 0.25) is 5.91 Å². The van der Waals surface area contributed by atoms with Gasteiger partial charge < -0.3 is 15.7 Å². The van der Waals surface area contributed by atoms with Crippen molar-refractivity contribution < 1.29 is 19.5 Å². The van der Waals surface area contributed by atoms with Crippen molar-refractivity contribution >= 4 is 29.2 Å². The number of hydrogen-bond acceptors (Lipinski definition) is 3. The van der Waals surface area contributed by atoms with Crippen LogP contribution in [0, 0.1) is 0 Å². The Hall–Kier alpha value is -3.93. The van der Waals surface area contributed by atoms with Crippen LogP contribution in [0.5, 0.6) is 0 Å². The topological polar surface area (TPSA) is 95.5 Å². The smallest absolute Gasteiger partial charge is 0.307 e. The van der Waals surface area contributed by atoms with Crippen LogP contribution in [-0.4, -0.2) is 22.9 Å². The number of aliphatic carboxylic acids is 1. The van der Waals surface area contributed by atoms with Crippen molar-refractivity contribution in [3.63, 3.8) is 0 Å². The van der Waals surface area contributed by atoms with E-state index in [9.17, 15) is 14.4 Å². The quantitative estimate of drug-likeness (QED) is 0.574. The van der Waals surface area contributed by atoms with E-state index in [4.69, 9.17) is 5.11 Å². The molecule has 0 aromatic heterocycles. The second-order valence-corrected chi connectivity index (χ2v) is 6.47. The van der Waals surface area contributed by atoms with Crippen LogP contribution in [0.25, 0.3) is 0 Å². The van der Waals surface area contributed by atoms with Gasteiger partial charge in [0.25, 0.3) is 5.91 Å². The molecule has 6 heteroatoms. The molecule has 3 aromatic rings. The van der Waals surface area contributed by atoms with E-state index in [2.05, 4.69) is 10.6 Å². The van der Waals surface area contributed by atoms with Gasteiger partial charge in [-0.25, -0.2) is 0 Å². The predicted octanol–water partition coefficient (Wildman–Crippen LogP) is 3.75. The first kappa shape index (κ1) is 19.8. The highest BCUT2D eigenvalue weighted by Crippen LogP contribution is 2.18. The Morgan fingerprint density at radius 2 is 1.48 bits per heavy atom. The average Bonchev–Trinajstić information content (AvgIpc) is 2.70. The van der Waals surface area contributed by atoms with Crippen molar-refractivity contribution in [2.75, 3.05) is 10.6 Å². The largest absolute Gasteiger partial charge is 0.481 e. The van der Waals surface area contributed by atoms with Gasteiger partial charge in [0.1, 0.15) is 0 Å². The SMILES string of the molecule is O=C(O)Cc1ccccc1NC(=O)c1cccc(NC(=O)Cc2ccccc2)c1. The molecule has 0 heterocycles. The minimum atomic E-state index is -0.977. The number of carbonyl (C=O) groups is 3. The van der Waals surface area contributed by atoms with E-state index in [1.165, 1.54) is 0 Å². The maximum Gasteiger partial charge on any atom is 0.307 e. The zero-order valence-electron chi connectivity index (χ0n) is 15.6. The Bertz CT molecular complexity index is 1030. The van der Waals surface area contributed by atoms with Gasteiger partial charge in [-0.1, -0.05) is 54.6 Å². The number of carboxylic acids is 1. The highest BCUT2D eigenvalue weighted by atomic mass is 16.4. The molecule has 3 aromatic carbocycles. The molecule has 0 aliphatic carbocycles. The molecule has 2 amide bonds. The molecule has 0 atom stereocenters. The van der Waals surface area contributed by atoms with E-state index >= 15 is 0 Å². The lowest BCUT2D eigenvalue weighted by Crippen LogP contribution is -2.16. The molecule has 0 aliphatic heterocycles. The fourth-order valence-corrected chi connectivity index (χ4v) is 2.88. The van der Waals surface area contributed by atoms with Gasteiger partial charge in [0, 0.05) is 16.9 Å². The van der Waals surface area contributed by atoms with E-state index in [1.54, 1.807) is 48.5 Å². The zero-order valence-corrected chi connectivity index (χ0v) is 15.6. The molecule has 29 heavy (non-hydrogen) atoms. The van der Waals surface area contributed by atoms with Crippen LogP contribution in [0.3, 0.4) is 0 Å². The van der Waals surface area contributed by atoms with E-state index in [-0.39, 0.29) is 24.7 Å². The summed E-state index contributed by atoms with van der Waals surface area (Å²) in [4.78, 5) is 35.8. The molecule has 0 saturated heterocycles. The summed E-state index contributed by atoms with van der Waals surface area (Å²) in [5, 5.41) is 14.5. The van der Waals surface area contributed by atoms with Gasteiger partial charge in [0.15, 0.2) is 0 Å². The average molecular weight is 388 g/mol. The molecule has 6 nitrogen and oxygen atoms in total. The number of amides is 2. The Morgan fingerprint density at radius 1 is 0.759 bits per heavy atom. The summed E-state index contributed by atoms with van der Waals surface area (Å²) in [6.45, 7) is 0. The Morgan fingerprint density at radius 3 is 2.24 bits per heavy atom. The number of anilines is 2. The summed E-state index contributed by atoms with van der Waals surface area (Å²) >= 11 is 0. The Balaban J connectivity index is 1.68. The first-order valence-electron chi connectivity index (χ1n) is 9.06. The van der Waals surface area contributed by atoms with E-state index < -0.39 is 5.97 Å². The molecule has 146 valence electrons. The monoisotopic (exact) mass is 388 g/mol. The highest BCUT2D eigenvalue weighted by molar-refractivity contribution is 6.06. The number of nitrogens with one attached hydrogen (secondary N) is 2. The molecule has 3 rings (SSSR count). The molecule has 0 saturated carbocycles. The molecule has 0 fully saturated rings. The van der Waals surface area contributed by atoms with Crippen LogP contribution in [-0.2, 0) is 22.4 Å². The summed E-state index contributed by atoms with van der Waals surface area (Å²) in [6.07, 6.45) is 0.0475. The van der Waals surface area contributed by atoms with E-state index in [0.29, 0.717) is 22.5 Å². The van der Waals surface area contributed by atoms with Crippen molar-refractivity contribution in [3.8, 4) is 0 Å². The Kier molecular flexibility index (Phi) is 6.37. The van der Waals surface area contributed by atoms with Crippen LogP contribution >= 0.6 is 0 Å². The number of hydrogen-bond donors (Lipinski definition) is 3. The molecule has 0 aliphatic rings. The molecule has 0 radical (unpaired) electrons. The van der Waals surface area contributed by atoms with Crippen LogP contribution in [0.15, 0.2) is 78.9 Å². The lowest BCUT2D eigenvalue weighted by Gasteiger charge is -2.11. The first-order valence-corrected chi connectivity index (χ1v) is 9.06. The second-order valence-electron chi connectivity index (χ2n) is 6.47. The normalized spacial score (nSPS) is 10.2. The summed E-state index contributed by atoms with van der Waals surface area (Å²) in [6, 6.07) is 22.7. The second kappa shape index (κ2) is 9.32. The van der Waals surface area contributed by atoms with Gasteiger partial charge in [0.05, 0.1) is 12.8 Å². The van der Waals surface area contributed by atoms with Crippen LogP contribution in [0.4, 0.5) is 11.4 Å². The van der Waals surface area contributed by atoms with E-state index in [0.717, 1.165) is 5.56 Å². The molecule has 0 spiro atoms. The number of carbonyl (C=O) groups excluding carboxylic acids is 2. The molecule has 0 bridgehead atoms. The summed E-state index contributed by atoms with van der Waals surface area (Å²) in [7, 11) is 0. The molecule has 0 unspecified atom stereocenters. The third kappa shape index (κ3) is 5.77.